The minimum absolute atomic E-state index is 0.111. The first-order chi connectivity index (χ1) is 12.5. The van der Waals surface area contributed by atoms with E-state index in [1.165, 1.54) is 6.33 Å². The number of aromatic amines is 1. The van der Waals surface area contributed by atoms with Crippen molar-refractivity contribution in [1.82, 2.24) is 29.9 Å². The van der Waals surface area contributed by atoms with E-state index >= 15 is 0 Å². The van der Waals surface area contributed by atoms with Crippen LogP contribution in [0.25, 0.3) is 11.4 Å². The number of rotatable bonds is 6. The van der Waals surface area contributed by atoms with Crippen molar-refractivity contribution in [3.05, 3.63) is 36.2 Å². The van der Waals surface area contributed by atoms with Gasteiger partial charge in [0.1, 0.15) is 6.33 Å². The molecule has 2 aromatic rings. The fourth-order valence-corrected chi connectivity index (χ4v) is 3.34. The molecule has 26 heavy (non-hydrogen) atoms. The maximum atomic E-state index is 12.9. The summed E-state index contributed by atoms with van der Waals surface area (Å²) >= 11 is 0. The van der Waals surface area contributed by atoms with Gasteiger partial charge in [0.2, 0.25) is 0 Å². The molecule has 1 aliphatic heterocycles. The predicted molar refractivity (Wildman–Crippen MR) is 102 cm³/mol. The number of likely N-dealkylation sites (N-methyl/N-ethyl adjacent to an activating group) is 2. The second kappa shape index (κ2) is 8.42. The summed E-state index contributed by atoms with van der Waals surface area (Å²) in [6.45, 7) is 3.68. The Morgan fingerprint density at radius 1 is 1.23 bits per heavy atom. The molecule has 7 heteroatoms. The molecule has 1 saturated heterocycles. The smallest absolute Gasteiger partial charge is 0.253 e. The number of H-pyrrole nitrogens is 1. The molecule has 1 aliphatic rings. The van der Waals surface area contributed by atoms with Crippen LogP contribution in [0.3, 0.4) is 0 Å². The summed E-state index contributed by atoms with van der Waals surface area (Å²) in [7, 11) is 6.34. The van der Waals surface area contributed by atoms with Crippen molar-refractivity contribution in [2.45, 2.75) is 18.9 Å². The van der Waals surface area contributed by atoms with Crippen molar-refractivity contribution in [3.8, 4) is 11.4 Å². The van der Waals surface area contributed by atoms with E-state index in [9.17, 15) is 4.79 Å². The van der Waals surface area contributed by atoms with E-state index in [0.717, 1.165) is 50.1 Å². The van der Waals surface area contributed by atoms with Gasteiger partial charge >= 0.3 is 0 Å². The molecule has 7 nitrogen and oxygen atoms in total. The minimum Gasteiger partial charge on any atom is -0.337 e. The van der Waals surface area contributed by atoms with Crippen LogP contribution in [0, 0.1) is 0 Å². The molecule has 0 unspecified atom stereocenters. The normalized spacial score (nSPS) is 17.9. The second-order valence-electron chi connectivity index (χ2n) is 7.24. The summed E-state index contributed by atoms with van der Waals surface area (Å²) < 4.78 is 0. The van der Waals surface area contributed by atoms with E-state index in [-0.39, 0.29) is 5.91 Å². The molecular formula is C19H28N6O. The molecule has 1 aromatic heterocycles. The molecule has 1 amide bonds. The molecule has 0 bridgehead atoms. The molecule has 1 fully saturated rings. The van der Waals surface area contributed by atoms with Crippen molar-refractivity contribution in [1.29, 1.82) is 0 Å². The Kier molecular flexibility index (Phi) is 6.00. The number of nitrogens with one attached hydrogen (secondary N) is 1. The highest BCUT2D eigenvalue weighted by Gasteiger charge is 2.26. The first-order valence-corrected chi connectivity index (χ1v) is 9.14. The number of piperidine rings is 1. The van der Waals surface area contributed by atoms with Gasteiger partial charge in [-0.25, -0.2) is 4.98 Å². The number of carbonyl (C=O) groups excluding carboxylic acids is 1. The highest BCUT2D eigenvalue weighted by Crippen LogP contribution is 2.19. The van der Waals surface area contributed by atoms with Gasteiger partial charge in [-0.2, -0.15) is 5.10 Å². The lowest BCUT2D eigenvalue weighted by Crippen LogP contribution is -2.49. The zero-order valence-corrected chi connectivity index (χ0v) is 15.9. The lowest BCUT2D eigenvalue weighted by Gasteiger charge is -2.38. The van der Waals surface area contributed by atoms with Crippen LogP contribution < -0.4 is 0 Å². The second-order valence-corrected chi connectivity index (χ2v) is 7.24. The monoisotopic (exact) mass is 356 g/mol. The first kappa shape index (κ1) is 18.5. The highest BCUT2D eigenvalue weighted by atomic mass is 16.2. The van der Waals surface area contributed by atoms with Crippen LogP contribution in [0.15, 0.2) is 30.6 Å². The Morgan fingerprint density at radius 3 is 2.65 bits per heavy atom. The molecule has 3 rings (SSSR count). The number of benzene rings is 1. The van der Waals surface area contributed by atoms with Crippen molar-refractivity contribution in [2.75, 3.05) is 47.3 Å². The Balaban J connectivity index is 1.62. The van der Waals surface area contributed by atoms with Crippen LogP contribution in [0.5, 0.6) is 0 Å². The number of amides is 1. The van der Waals surface area contributed by atoms with Crippen LogP contribution >= 0.6 is 0 Å². The largest absolute Gasteiger partial charge is 0.337 e. The molecule has 1 aromatic carbocycles. The quantitative estimate of drug-likeness (QED) is 0.851. The topological polar surface area (TPSA) is 68.4 Å². The van der Waals surface area contributed by atoms with E-state index in [0.29, 0.717) is 11.9 Å². The highest BCUT2D eigenvalue weighted by molar-refractivity contribution is 5.94. The first-order valence-electron chi connectivity index (χ1n) is 9.14. The molecular weight excluding hydrogens is 328 g/mol. The lowest BCUT2D eigenvalue weighted by molar-refractivity contribution is 0.0603. The summed E-state index contributed by atoms with van der Waals surface area (Å²) in [4.78, 5) is 23.6. The average molecular weight is 356 g/mol. The number of carbonyl (C=O) groups is 1. The van der Waals surface area contributed by atoms with Gasteiger partial charge in [0.05, 0.1) is 0 Å². The third-order valence-corrected chi connectivity index (χ3v) is 5.03. The fraction of sp³-hybridized carbons (Fsp3) is 0.526. The number of hydrogen-bond donors (Lipinski definition) is 1. The van der Waals surface area contributed by atoms with Crippen molar-refractivity contribution in [3.63, 3.8) is 0 Å². The molecule has 0 saturated carbocycles. The van der Waals surface area contributed by atoms with Gasteiger partial charge in [-0.1, -0.05) is 12.1 Å². The van der Waals surface area contributed by atoms with E-state index in [2.05, 4.69) is 46.1 Å². The van der Waals surface area contributed by atoms with E-state index in [1.54, 1.807) is 0 Å². The van der Waals surface area contributed by atoms with Gasteiger partial charge in [-0.3, -0.25) is 9.89 Å². The third kappa shape index (κ3) is 4.47. The maximum absolute atomic E-state index is 12.9. The van der Waals surface area contributed by atoms with E-state index in [1.807, 2.05) is 29.2 Å². The summed E-state index contributed by atoms with van der Waals surface area (Å²) in [6, 6.07) is 8.01. The molecule has 0 spiro atoms. The van der Waals surface area contributed by atoms with Gasteiger partial charge in [-0.15, -0.1) is 0 Å². The maximum Gasteiger partial charge on any atom is 0.253 e. The summed E-state index contributed by atoms with van der Waals surface area (Å²) in [6.07, 6.45) is 3.69. The van der Waals surface area contributed by atoms with Crippen molar-refractivity contribution >= 4 is 5.91 Å². The molecule has 0 aliphatic carbocycles. The molecule has 140 valence electrons. The summed E-state index contributed by atoms with van der Waals surface area (Å²) in [5, 5.41) is 6.70. The number of likely N-dealkylation sites (tertiary alicyclic amines) is 1. The lowest BCUT2D eigenvalue weighted by atomic mass is 10.0. The molecule has 2 heterocycles. The van der Waals surface area contributed by atoms with Crippen LogP contribution in [0.2, 0.25) is 0 Å². The zero-order chi connectivity index (χ0) is 18.5. The SMILES string of the molecule is CN(C)CCN(C)[C@@H]1CCCN(C(=O)c2ccc(-c3ncn[nH]3)cc2)C1. The summed E-state index contributed by atoms with van der Waals surface area (Å²) in [5.41, 5.74) is 1.66. The Hall–Kier alpha value is -2.25. The van der Waals surface area contributed by atoms with Crippen LogP contribution in [-0.4, -0.2) is 89.2 Å². The zero-order valence-electron chi connectivity index (χ0n) is 15.9. The molecule has 0 radical (unpaired) electrons. The van der Waals surface area contributed by atoms with Crippen molar-refractivity contribution in [2.24, 2.45) is 0 Å². The number of aromatic nitrogens is 3. The minimum atomic E-state index is 0.111. The molecule has 1 N–H and O–H groups in total. The fourth-order valence-electron chi connectivity index (χ4n) is 3.34. The third-order valence-electron chi connectivity index (χ3n) is 5.03. The van der Waals surface area contributed by atoms with Gasteiger partial charge in [-0.05, 0) is 46.1 Å². The number of hydrogen-bond acceptors (Lipinski definition) is 5. The number of nitrogens with zero attached hydrogens (tertiary/aromatic N) is 5. The Labute approximate surface area is 155 Å². The standard InChI is InChI=1S/C19H28N6O/c1-23(2)11-12-24(3)17-5-4-10-25(13-17)19(26)16-8-6-15(7-9-16)18-20-14-21-22-18/h6-9,14,17H,4-5,10-13H2,1-3H3,(H,20,21,22)/t17-/m1/s1. The molecule has 1 atom stereocenters. The van der Waals surface area contributed by atoms with Gasteiger partial charge in [0, 0.05) is 43.3 Å². The van der Waals surface area contributed by atoms with Gasteiger partial charge in [0.25, 0.3) is 5.91 Å². The Morgan fingerprint density at radius 2 is 2.00 bits per heavy atom. The van der Waals surface area contributed by atoms with E-state index < -0.39 is 0 Å². The predicted octanol–water partition coefficient (Wildman–Crippen LogP) is 1.57. The van der Waals surface area contributed by atoms with Gasteiger partial charge < -0.3 is 14.7 Å². The van der Waals surface area contributed by atoms with E-state index in [4.69, 9.17) is 0 Å². The van der Waals surface area contributed by atoms with Crippen LogP contribution in [-0.2, 0) is 0 Å². The van der Waals surface area contributed by atoms with Crippen molar-refractivity contribution < 1.29 is 4.79 Å². The summed E-state index contributed by atoms with van der Waals surface area (Å²) in [5.74, 6) is 0.824. The average Bonchev–Trinajstić information content (AvgIpc) is 3.20. The van der Waals surface area contributed by atoms with Crippen LogP contribution in [0.4, 0.5) is 0 Å². The van der Waals surface area contributed by atoms with Gasteiger partial charge in [0.15, 0.2) is 5.82 Å². The Bertz CT molecular complexity index is 697. The van der Waals surface area contributed by atoms with Crippen LogP contribution in [0.1, 0.15) is 23.2 Å².